The van der Waals surface area contributed by atoms with Gasteiger partial charge in [-0.2, -0.15) is 0 Å². The molecule has 0 aliphatic rings. The van der Waals surface area contributed by atoms with Crippen LogP contribution in [0.4, 0.5) is 0 Å². The van der Waals surface area contributed by atoms with Crippen molar-refractivity contribution in [1.29, 1.82) is 0 Å². The van der Waals surface area contributed by atoms with Crippen molar-refractivity contribution in [3.63, 3.8) is 0 Å². The molecule has 0 spiro atoms. The number of hydrogen-bond acceptors (Lipinski definition) is 3. The van der Waals surface area contributed by atoms with E-state index in [0.29, 0.717) is 6.42 Å². The third kappa shape index (κ3) is 2.67. The summed E-state index contributed by atoms with van der Waals surface area (Å²) in [5.41, 5.74) is -0.769. The first-order valence-electron chi connectivity index (χ1n) is 4.31. The third-order valence-electron chi connectivity index (χ3n) is 2.42. The summed E-state index contributed by atoms with van der Waals surface area (Å²) in [5, 5.41) is 18.1. The minimum Gasteiger partial charge on any atom is -0.479 e. The Kier molecular flexibility index (Phi) is 4.36. The van der Waals surface area contributed by atoms with Crippen molar-refractivity contribution in [2.24, 2.45) is 5.41 Å². The number of aliphatic carboxylic acids is 1. The van der Waals surface area contributed by atoms with E-state index in [4.69, 9.17) is 9.84 Å². The molecule has 4 nitrogen and oxygen atoms in total. The minimum atomic E-state index is -1.39. The Morgan fingerprint density at radius 3 is 2.23 bits per heavy atom. The third-order valence-corrected chi connectivity index (χ3v) is 2.42. The van der Waals surface area contributed by atoms with Gasteiger partial charge in [0.05, 0.1) is 6.10 Å². The second kappa shape index (κ2) is 4.58. The molecular weight excluding hydrogens is 172 g/mol. The summed E-state index contributed by atoms with van der Waals surface area (Å²) in [6.07, 6.45) is -0.968. The number of carbonyl (C=O) groups is 1. The summed E-state index contributed by atoms with van der Waals surface area (Å²) in [7, 11) is 1.52. The molecular formula is C9H18O4. The predicted molar refractivity (Wildman–Crippen MR) is 48.5 cm³/mol. The molecule has 0 saturated carbocycles. The zero-order chi connectivity index (χ0) is 10.6. The maximum atomic E-state index is 10.6. The van der Waals surface area contributed by atoms with E-state index >= 15 is 0 Å². The van der Waals surface area contributed by atoms with Crippen LogP contribution in [0.3, 0.4) is 0 Å². The van der Waals surface area contributed by atoms with Gasteiger partial charge in [0.25, 0.3) is 0 Å². The van der Waals surface area contributed by atoms with E-state index in [9.17, 15) is 9.90 Å². The van der Waals surface area contributed by atoms with E-state index in [1.165, 1.54) is 7.11 Å². The van der Waals surface area contributed by atoms with Crippen LogP contribution in [0.15, 0.2) is 0 Å². The van der Waals surface area contributed by atoms with Gasteiger partial charge in [0.2, 0.25) is 0 Å². The van der Waals surface area contributed by atoms with Crippen LogP contribution >= 0.6 is 0 Å². The van der Waals surface area contributed by atoms with Crippen molar-refractivity contribution in [3.05, 3.63) is 0 Å². The molecule has 0 saturated heterocycles. The summed E-state index contributed by atoms with van der Waals surface area (Å²) in [6.45, 7) is 5.26. The van der Waals surface area contributed by atoms with Crippen LogP contribution in [0.25, 0.3) is 0 Å². The highest BCUT2D eigenvalue weighted by Crippen LogP contribution is 2.29. The first-order chi connectivity index (χ1) is 5.87. The fourth-order valence-electron chi connectivity index (χ4n) is 1.49. The number of aliphatic hydroxyl groups excluding tert-OH is 1. The maximum Gasteiger partial charge on any atom is 0.333 e. The van der Waals surface area contributed by atoms with Crippen LogP contribution in [0, 0.1) is 5.41 Å². The van der Waals surface area contributed by atoms with Crippen LogP contribution in [0.1, 0.15) is 27.2 Å². The fourth-order valence-corrected chi connectivity index (χ4v) is 1.49. The van der Waals surface area contributed by atoms with Crippen LogP contribution in [-0.2, 0) is 9.53 Å². The van der Waals surface area contributed by atoms with Crippen molar-refractivity contribution in [2.75, 3.05) is 7.11 Å². The van der Waals surface area contributed by atoms with Gasteiger partial charge in [-0.25, -0.2) is 4.79 Å². The van der Waals surface area contributed by atoms with E-state index in [-0.39, 0.29) is 6.10 Å². The average molecular weight is 190 g/mol. The van der Waals surface area contributed by atoms with Gasteiger partial charge < -0.3 is 14.9 Å². The Hall–Kier alpha value is -0.610. The molecule has 0 fully saturated rings. The van der Waals surface area contributed by atoms with E-state index in [2.05, 4.69) is 0 Å². The Balaban J connectivity index is 4.60. The molecule has 2 atom stereocenters. The number of carboxylic acid groups (broad SMARTS) is 1. The second-order valence-electron chi connectivity index (χ2n) is 3.69. The summed E-state index contributed by atoms with van der Waals surface area (Å²) in [6, 6.07) is 0. The molecule has 0 aliphatic carbocycles. The molecule has 0 rings (SSSR count). The highest BCUT2D eigenvalue weighted by molar-refractivity contribution is 5.73. The van der Waals surface area contributed by atoms with Crippen LogP contribution in [-0.4, -0.2) is 35.5 Å². The molecule has 0 heterocycles. The molecule has 2 unspecified atom stereocenters. The topological polar surface area (TPSA) is 66.8 Å². The second-order valence-corrected chi connectivity index (χ2v) is 3.69. The van der Waals surface area contributed by atoms with Crippen molar-refractivity contribution >= 4 is 5.97 Å². The highest BCUT2D eigenvalue weighted by atomic mass is 16.5. The number of ether oxygens (including phenoxy) is 1. The molecule has 0 radical (unpaired) electrons. The van der Waals surface area contributed by atoms with Gasteiger partial charge in [-0.3, -0.25) is 0 Å². The molecule has 0 bridgehead atoms. The summed E-state index contributed by atoms with van der Waals surface area (Å²) >= 11 is 0. The van der Waals surface area contributed by atoms with Gasteiger partial charge in [-0.1, -0.05) is 20.8 Å². The molecule has 0 aromatic carbocycles. The van der Waals surface area contributed by atoms with Crippen LogP contribution in [0.2, 0.25) is 0 Å². The maximum absolute atomic E-state index is 10.6. The van der Waals surface area contributed by atoms with Gasteiger partial charge in [-0.15, -0.1) is 0 Å². The molecule has 0 aromatic rings. The van der Waals surface area contributed by atoms with Crippen molar-refractivity contribution in [1.82, 2.24) is 0 Å². The lowest BCUT2D eigenvalue weighted by molar-refractivity contribution is -0.160. The SMILES string of the molecule is CCC(OC)C(C)(C)C(O)C(=O)O. The quantitative estimate of drug-likeness (QED) is 0.675. The zero-order valence-corrected chi connectivity index (χ0v) is 8.57. The standard InChI is InChI=1S/C9H18O4/c1-5-6(13-4)9(2,3)7(10)8(11)12/h6-7,10H,5H2,1-4H3,(H,11,12). The lowest BCUT2D eigenvalue weighted by Crippen LogP contribution is -2.45. The Labute approximate surface area is 78.5 Å². The van der Waals surface area contributed by atoms with E-state index in [0.717, 1.165) is 0 Å². The summed E-state index contributed by atoms with van der Waals surface area (Å²) in [4.78, 5) is 10.6. The van der Waals surface area contributed by atoms with E-state index in [1.54, 1.807) is 13.8 Å². The highest BCUT2D eigenvalue weighted by Gasteiger charge is 2.39. The number of methoxy groups -OCH3 is 1. The Morgan fingerprint density at radius 2 is 2.00 bits per heavy atom. The normalized spacial score (nSPS) is 16.7. The van der Waals surface area contributed by atoms with Gasteiger partial charge in [0.15, 0.2) is 6.10 Å². The molecule has 13 heavy (non-hydrogen) atoms. The molecule has 4 heteroatoms. The van der Waals surface area contributed by atoms with Crippen molar-refractivity contribution < 1.29 is 19.7 Å². The average Bonchev–Trinajstić information content (AvgIpc) is 2.04. The van der Waals surface area contributed by atoms with Gasteiger partial charge >= 0.3 is 5.97 Å². The van der Waals surface area contributed by atoms with Crippen LogP contribution in [0.5, 0.6) is 0 Å². The summed E-state index contributed by atoms with van der Waals surface area (Å²) in [5.74, 6) is -1.21. The fraction of sp³-hybridized carbons (Fsp3) is 0.889. The smallest absolute Gasteiger partial charge is 0.333 e. The molecule has 0 amide bonds. The molecule has 2 N–H and O–H groups in total. The van der Waals surface area contributed by atoms with Crippen molar-refractivity contribution in [3.8, 4) is 0 Å². The summed E-state index contributed by atoms with van der Waals surface area (Å²) < 4.78 is 5.11. The van der Waals surface area contributed by atoms with Gasteiger partial charge in [-0.05, 0) is 6.42 Å². The van der Waals surface area contributed by atoms with Crippen LogP contribution < -0.4 is 0 Å². The number of carboxylic acids is 1. The predicted octanol–water partition coefficient (Wildman–Crippen LogP) is 0.883. The Morgan fingerprint density at radius 1 is 1.54 bits per heavy atom. The monoisotopic (exact) mass is 190 g/mol. The number of aliphatic hydroxyl groups is 1. The zero-order valence-electron chi connectivity index (χ0n) is 8.57. The first kappa shape index (κ1) is 12.4. The van der Waals surface area contributed by atoms with E-state index in [1.807, 2.05) is 6.92 Å². The largest absolute Gasteiger partial charge is 0.479 e. The number of rotatable bonds is 5. The minimum absolute atomic E-state index is 0.251. The molecule has 0 aromatic heterocycles. The lowest BCUT2D eigenvalue weighted by atomic mass is 9.79. The Bertz CT molecular complexity index is 172. The van der Waals surface area contributed by atoms with Gasteiger partial charge in [0, 0.05) is 12.5 Å². The van der Waals surface area contributed by atoms with Crippen molar-refractivity contribution in [2.45, 2.75) is 39.4 Å². The number of hydrogen-bond donors (Lipinski definition) is 2. The first-order valence-corrected chi connectivity index (χ1v) is 4.31. The molecule has 0 aliphatic heterocycles. The molecule has 78 valence electrons. The van der Waals surface area contributed by atoms with E-state index < -0.39 is 17.5 Å². The lowest BCUT2D eigenvalue weighted by Gasteiger charge is -2.34. The van der Waals surface area contributed by atoms with Gasteiger partial charge in [0.1, 0.15) is 0 Å².